The molecular weight excluding hydrogens is 388 g/mol. The summed E-state index contributed by atoms with van der Waals surface area (Å²) in [5, 5.41) is 0. The van der Waals surface area contributed by atoms with Crippen LogP contribution in [0.1, 0.15) is 5.82 Å². The van der Waals surface area contributed by atoms with Gasteiger partial charge in [0.2, 0.25) is 11.7 Å². The first-order chi connectivity index (χ1) is 13.8. The monoisotopic (exact) mass is 406 g/mol. The fourth-order valence-electron chi connectivity index (χ4n) is 3.59. The van der Waals surface area contributed by atoms with Crippen LogP contribution in [0.4, 0.5) is 23.2 Å². The number of halogens is 4. The zero-order valence-electron chi connectivity index (χ0n) is 15.4. The molecule has 1 aliphatic rings. The molecule has 0 spiro atoms. The van der Waals surface area contributed by atoms with Gasteiger partial charge in [0, 0.05) is 26.2 Å². The average molecular weight is 406 g/mol. The van der Waals surface area contributed by atoms with E-state index in [1.54, 1.807) is 30.3 Å². The number of alkyl halides is 3. The van der Waals surface area contributed by atoms with Crippen molar-refractivity contribution < 1.29 is 22.4 Å². The summed E-state index contributed by atoms with van der Waals surface area (Å²) in [6.07, 6.45) is -4.66. The Bertz CT molecular complexity index is 1040. The average Bonchev–Trinajstić information content (AvgIpc) is 3.08. The molecule has 0 saturated carbocycles. The van der Waals surface area contributed by atoms with Crippen molar-refractivity contribution in [1.82, 2.24) is 14.5 Å². The van der Waals surface area contributed by atoms with Gasteiger partial charge in [0.1, 0.15) is 12.4 Å². The number of nitrogens with zero attached hydrogens (tertiary/aromatic N) is 4. The minimum Gasteiger partial charge on any atom is -0.366 e. The molecule has 0 bridgehead atoms. The second kappa shape index (κ2) is 7.38. The van der Waals surface area contributed by atoms with E-state index in [4.69, 9.17) is 0 Å². The van der Waals surface area contributed by atoms with Crippen LogP contribution in [0.15, 0.2) is 48.5 Å². The third-order valence-electron chi connectivity index (χ3n) is 5.03. The van der Waals surface area contributed by atoms with Crippen molar-refractivity contribution in [3.05, 3.63) is 60.2 Å². The number of hydrogen-bond donors (Lipinski definition) is 0. The molecule has 3 aromatic rings. The molecule has 1 aliphatic heterocycles. The molecule has 5 nitrogen and oxygen atoms in total. The number of benzene rings is 2. The van der Waals surface area contributed by atoms with Gasteiger partial charge in [-0.15, -0.1) is 0 Å². The van der Waals surface area contributed by atoms with E-state index in [-0.39, 0.29) is 16.9 Å². The van der Waals surface area contributed by atoms with Crippen LogP contribution in [0.5, 0.6) is 0 Å². The standard InChI is InChI=1S/C20H18F4N4O/c21-14-5-1-3-7-16(14)26-9-11-27(12-10-26)18(29)13-28-17-8-4-2-6-15(17)25-19(28)20(22,23)24/h1-8H,9-13H2. The molecule has 0 unspecified atom stereocenters. The lowest BCUT2D eigenvalue weighted by atomic mass is 10.2. The predicted octanol–water partition coefficient (Wildman–Crippen LogP) is 3.54. The van der Waals surface area contributed by atoms with E-state index < -0.39 is 24.5 Å². The Labute approximate surface area is 164 Å². The van der Waals surface area contributed by atoms with Gasteiger partial charge in [-0.25, -0.2) is 9.37 Å². The Balaban J connectivity index is 1.50. The summed E-state index contributed by atoms with van der Waals surface area (Å²) >= 11 is 0. The van der Waals surface area contributed by atoms with E-state index in [2.05, 4.69) is 4.98 Å². The van der Waals surface area contributed by atoms with Crippen LogP contribution in [0.25, 0.3) is 11.0 Å². The second-order valence-electron chi connectivity index (χ2n) is 6.83. The van der Waals surface area contributed by atoms with Crippen molar-refractivity contribution in [3.63, 3.8) is 0 Å². The summed E-state index contributed by atoms with van der Waals surface area (Å²) in [4.78, 5) is 19.7. The highest BCUT2D eigenvalue weighted by atomic mass is 19.4. The summed E-state index contributed by atoms with van der Waals surface area (Å²) < 4.78 is 55.1. The third-order valence-corrected chi connectivity index (χ3v) is 5.03. The molecule has 9 heteroatoms. The molecular formula is C20H18F4N4O. The molecule has 1 amide bonds. The van der Waals surface area contributed by atoms with E-state index in [9.17, 15) is 22.4 Å². The lowest BCUT2D eigenvalue weighted by molar-refractivity contribution is -0.148. The lowest BCUT2D eigenvalue weighted by Crippen LogP contribution is -2.50. The second-order valence-corrected chi connectivity index (χ2v) is 6.83. The first-order valence-corrected chi connectivity index (χ1v) is 9.14. The van der Waals surface area contributed by atoms with Crippen molar-refractivity contribution in [1.29, 1.82) is 0 Å². The molecule has 1 aromatic heterocycles. The van der Waals surface area contributed by atoms with Gasteiger partial charge in [-0.3, -0.25) is 4.79 Å². The smallest absolute Gasteiger partial charge is 0.366 e. The van der Waals surface area contributed by atoms with Crippen molar-refractivity contribution in [2.75, 3.05) is 31.1 Å². The summed E-state index contributed by atoms with van der Waals surface area (Å²) in [5.41, 5.74) is 0.912. The fourth-order valence-corrected chi connectivity index (χ4v) is 3.59. The molecule has 29 heavy (non-hydrogen) atoms. The molecule has 0 radical (unpaired) electrons. The maximum atomic E-state index is 13.9. The largest absolute Gasteiger partial charge is 0.449 e. The summed E-state index contributed by atoms with van der Waals surface area (Å²) in [5.74, 6) is -1.85. The van der Waals surface area contributed by atoms with E-state index >= 15 is 0 Å². The van der Waals surface area contributed by atoms with Crippen molar-refractivity contribution in [2.24, 2.45) is 0 Å². The van der Waals surface area contributed by atoms with Crippen molar-refractivity contribution in [3.8, 4) is 0 Å². The Morgan fingerprint density at radius 1 is 0.966 bits per heavy atom. The van der Waals surface area contributed by atoms with Gasteiger partial charge in [-0.1, -0.05) is 24.3 Å². The Kier molecular flexibility index (Phi) is 4.89. The summed E-state index contributed by atoms with van der Waals surface area (Å²) in [6, 6.07) is 12.6. The molecule has 0 aliphatic carbocycles. The number of aromatic nitrogens is 2. The number of amides is 1. The number of imidazole rings is 1. The molecule has 0 N–H and O–H groups in total. The van der Waals surface area contributed by atoms with E-state index in [0.717, 1.165) is 4.57 Å². The normalized spacial score (nSPS) is 15.2. The van der Waals surface area contributed by atoms with Gasteiger partial charge in [0.25, 0.3) is 0 Å². The lowest BCUT2D eigenvalue weighted by Gasteiger charge is -2.36. The van der Waals surface area contributed by atoms with Crippen LogP contribution in [-0.2, 0) is 17.5 Å². The fraction of sp³-hybridized carbons (Fsp3) is 0.300. The number of piperazine rings is 1. The number of carbonyl (C=O) groups is 1. The first kappa shape index (κ1) is 19.2. The summed E-state index contributed by atoms with van der Waals surface area (Å²) in [7, 11) is 0. The highest BCUT2D eigenvalue weighted by Crippen LogP contribution is 2.31. The Morgan fingerprint density at radius 3 is 2.31 bits per heavy atom. The van der Waals surface area contributed by atoms with Crippen LogP contribution in [0, 0.1) is 5.82 Å². The number of fused-ring (bicyclic) bond motifs is 1. The van der Waals surface area contributed by atoms with Crippen LogP contribution < -0.4 is 4.90 Å². The van der Waals surface area contributed by atoms with Gasteiger partial charge in [0.15, 0.2) is 0 Å². The maximum absolute atomic E-state index is 13.9. The third kappa shape index (κ3) is 3.76. The van der Waals surface area contributed by atoms with Crippen LogP contribution >= 0.6 is 0 Å². The minimum atomic E-state index is -4.66. The zero-order chi connectivity index (χ0) is 20.6. The molecule has 2 heterocycles. The van der Waals surface area contributed by atoms with Crippen LogP contribution in [0.2, 0.25) is 0 Å². The van der Waals surface area contributed by atoms with Gasteiger partial charge >= 0.3 is 6.18 Å². The molecule has 2 aromatic carbocycles. The van der Waals surface area contributed by atoms with Gasteiger partial charge in [-0.05, 0) is 24.3 Å². The van der Waals surface area contributed by atoms with Crippen molar-refractivity contribution in [2.45, 2.75) is 12.7 Å². The zero-order valence-corrected chi connectivity index (χ0v) is 15.4. The van der Waals surface area contributed by atoms with Gasteiger partial charge in [-0.2, -0.15) is 13.2 Å². The highest BCUT2D eigenvalue weighted by molar-refractivity contribution is 5.81. The predicted molar refractivity (Wildman–Crippen MR) is 99.9 cm³/mol. The van der Waals surface area contributed by atoms with E-state index in [1.165, 1.54) is 23.1 Å². The van der Waals surface area contributed by atoms with Gasteiger partial charge < -0.3 is 14.4 Å². The number of carbonyl (C=O) groups excluding carboxylic acids is 1. The molecule has 152 valence electrons. The number of rotatable bonds is 3. The highest BCUT2D eigenvalue weighted by Gasteiger charge is 2.38. The Morgan fingerprint density at radius 2 is 1.62 bits per heavy atom. The van der Waals surface area contributed by atoms with Crippen LogP contribution in [-0.4, -0.2) is 46.5 Å². The molecule has 1 fully saturated rings. The minimum absolute atomic E-state index is 0.192. The van der Waals surface area contributed by atoms with E-state index in [1.807, 2.05) is 4.90 Å². The molecule has 0 atom stereocenters. The summed E-state index contributed by atoms with van der Waals surface area (Å²) in [6.45, 7) is 0.976. The first-order valence-electron chi connectivity index (χ1n) is 9.14. The van der Waals surface area contributed by atoms with Gasteiger partial charge in [0.05, 0.1) is 16.7 Å². The quantitative estimate of drug-likeness (QED) is 0.625. The molecule has 1 saturated heterocycles. The number of anilines is 1. The topological polar surface area (TPSA) is 41.4 Å². The van der Waals surface area contributed by atoms with E-state index in [0.29, 0.717) is 31.9 Å². The van der Waals surface area contributed by atoms with Crippen molar-refractivity contribution >= 4 is 22.6 Å². The number of para-hydroxylation sites is 3. The SMILES string of the molecule is O=C(Cn1c(C(F)(F)F)nc2ccccc21)N1CCN(c2ccccc2F)CC1. The molecule has 4 rings (SSSR count). The van der Waals surface area contributed by atoms with Crippen LogP contribution in [0.3, 0.4) is 0 Å². The Hall–Kier alpha value is -3.10. The maximum Gasteiger partial charge on any atom is 0.449 e. The number of hydrogen-bond acceptors (Lipinski definition) is 3.